The summed E-state index contributed by atoms with van der Waals surface area (Å²) in [5.41, 5.74) is 0.146. The predicted octanol–water partition coefficient (Wildman–Crippen LogP) is 3.72. The van der Waals surface area contributed by atoms with Gasteiger partial charge in [-0.15, -0.1) is 0 Å². The molecule has 24 heavy (non-hydrogen) atoms. The van der Waals surface area contributed by atoms with E-state index in [1.807, 2.05) is 0 Å². The van der Waals surface area contributed by atoms with Gasteiger partial charge in [-0.05, 0) is 61.3 Å². The van der Waals surface area contributed by atoms with E-state index in [-0.39, 0.29) is 28.7 Å². The van der Waals surface area contributed by atoms with Gasteiger partial charge in [-0.2, -0.15) is 0 Å². The van der Waals surface area contributed by atoms with Crippen molar-refractivity contribution in [3.63, 3.8) is 0 Å². The SMILES string of the molecule is O=C(O)C1C2CCC(CC2)C1Nc1nc(Cl)nc2c(F)cccc12. The monoisotopic (exact) mass is 349 g/mol. The number of carboxylic acid groups (broad SMARTS) is 1. The highest BCUT2D eigenvalue weighted by Gasteiger charge is 2.47. The molecule has 0 aliphatic heterocycles. The van der Waals surface area contributed by atoms with E-state index in [1.165, 1.54) is 6.07 Å². The third kappa shape index (κ3) is 2.49. The lowest BCUT2D eigenvalue weighted by atomic mass is 9.61. The Morgan fingerprint density at radius 3 is 2.62 bits per heavy atom. The summed E-state index contributed by atoms with van der Waals surface area (Å²) in [6, 6.07) is 4.40. The standard InChI is InChI=1S/C17H17ClFN3O2/c18-17-21-14-10(2-1-3-11(14)19)15(22-17)20-13-9-6-4-8(5-7-9)12(13)16(23)24/h1-3,8-9,12-13H,4-7H2,(H,23,24)(H,20,21,22). The lowest BCUT2D eigenvalue weighted by Crippen LogP contribution is -2.51. The molecule has 3 saturated carbocycles. The fourth-order valence-corrected chi connectivity index (χ4v) is 4.54. The van der Waals surface area contributed by atoms with E-state index in [0.717, 1.165) is 25.7 Å². The molecular weight excluding hydrogens is 333 g/mol. The van der Waals surface area contributed by atoms with Crippen LogP contribution in [0.2, 0.25) is 5.28 Å². The van der Waals surface area contributed by atoms with E-state index >= 15 is 0 Å². The van der Waals surface area contributed by atoms with Gasteiger partial charge < -0.3 is 10.4 Å². The van der Waals surface area contributed by atoms with E-state index in [0.29, 0.717) is 11.2 Å². The Morgan fingerprint density at radius 1 is 1.21 bits per heavy atom. The van der Waals surface area contributed by atoms with E-state index in [4.69, 9.17) is 11.6 Å². The molecule has 1 heterocycles. The number of nitrogens with zero attached hydrogens (tertiary/aromatic N) is 2. The van der Waals surface area contributed by atoms with E-state index in [2.05, 4.69) is 15.3 Å². The van der Waals surface area contributed by atoms with Gasteiger partial charge in [0.15, 0.2) is 0 Å². The van der Waals surface area contributed by atoms with Crippen molar-refractivity contribution in [2.45, 2.75) is 31.7 Å². The van der Waals surface area contributed by atoms with Crippen LogP contribution in [0.25, 0.3) is 10.9 Å². The van der Waals surface area contributed by atoms with Gasteiger partial charge in [-0.25, -0.2) is 14.4 Å². The molecule has 2 N–H and O–H groups in total. The Kier molecular flexibility index (Phi) is 3.79. The first-order chi connectivity index (χ1) is 11.5. The summed E-state index contributed by atoms with van der Waals surface area (Å²) in [5.74, 6) is -0.820. The Morgan fingerprint density at radius 2 is 1.92 bits per heavy atom. The fourth-order valence-electron chi connectivity index (χ4n) is 4.37. The van der Waals surface area contributed by atoms with Crippen molar-refractivity contribution in [1.82, 2.24) is 9.97 Å². The number of hydrogen-bond donors (Lipinski definition) is 2. The van der Waals surface area contributed by atoms with Crippen molar-refractivity contribution in [3.05, 3.63) is 29.3 Å². The number of rotatable bonds is 3. The minimum Gasteiger partial charge on any atom is -0.481 e. The van der Waals surface area contributed by atoms with Crippen LogP contribution in [0.15, 0.2) is 18.2 Å². The average molecular weight is 350 g/mol. The van der Waals surface area contributed by atoms with Gasteiger partial charge >= 0.3 is 5.97 Å². The molecule has 1 aromatic carbocycles. The first-order valence-electron chi connectivity index (χ1n) is 8.15. The van der Waals surface area contributed by atoms with Crippen LogP contribution in [0.1, 0.15) is 25.7 Å². The fraction of sp³-hybridized carbons (Fsp3) is 0.471. The van der Waals surface area contributed by atoms with Crippen LogP contribution < -0.4 is 5.32 Å². The van der Waals surface area contributed by atoms with Gasteiger partial charge in [-0.1, -0.05) is 6.07 Å². The van der Waals surface area contributed by atoms with Gasteiger partial charge in [0, 0.05) is 11.4 Å². The molecule has 0 saturated heterocycles. The highest BCUT2D eigenvalue weighted by molar-refractivity contribution is 6.28. The molecule has 2 aromatic rings. The van der Waals surface area contributed by atoms with Crippen LogP contribution in [0, 0.1) is 23.6 Å². The molecule has 1 aromatic heterocycles. The molecule has 0 spiro atoms. The van der Waals surface area contributed by atoms with Crippen molar-refractivity contribution in [2.24, 2.45) is 17.8 Å². The Bertz CT molecular complexity index is 808. The molecule has 2 unspecified atom stereocenters. The number of aliphatic carboxylic acids is 1. The third-order valence-electron chi connectivity index (χ3n) is 5.46. The molecule has 7 heteroatoms. The summed E-state index contributed by atoms with van der Waals surface area (Å²) in [7, 11) is 0. The van der Waals surface area contributed by atoms with Crippen LogP contribution in [-0.2, 0) is 4.79 Å². The minimum atomic E-state index is -0.780. The predicted molar refractivity (Wildman–Crippen MR) is 88.5 cm³/mol. The van der Waals surface area contributed by atoms with Crippen LogP contribution in [0.4, 0.5) is 10.2 Å². The number of anilines is 1. The Labute approximate surface area is 143 Å². The first kappa shape index (κ1) is 15.6. The zero-order valence-corrected chi connectivity index (χ0v) is 13.6. The smallest absolute Gasteiger partial charge is 0.308 e. The molecule has 3 aliphatic rings. The number of fused-ring (bicyclic) bond motifs is 4. The summed E-state index contributed by atoms with van der Waals surface area (Å²) in [5, 5.41) is 13.4. The molecule has 0 radical (unpaired) electrons. The molecule has 3 fully saturated rings. The van der Waals surface area contributed by atoms with Crippen LogP contribution in [-0.4, -0.2) is 27.1 Å². The first-order valence-corrected chi connectivity index (χ1v) is 8.53. The van der Waals surface area contributed by atoms with Crippen LogP contribution in [0.5, 0.6) is 0 Å². The summed E-state index contributed by atoms with van der Waals surface area (Å²) >= 11 is 5.95. The largest absolute Gasteiger partial charge is 0.481 e. The van der Waals surface area contributed by atoms with Crippen molar-refractivity contribution in [1.29, 1.82) is 0 Å². The maximum Gasteiger partial charge on any atom is 0.308 e. The number of carbonyl (C=O) groups is 1. The number of halogens is 2. The van der Waals surface area contributed by atoms with Gasteiger partial charge in [-0.3, -0.25) is 4.79 Å². The van der Waals surface area contributed by atoms with Crippen LogP contribution >= 0.6 is 11.6 Å². The lowest BCUT2D eigenvalue weighted by molar-refractivity contribution is -0.148. The third-order valence-corrected chi connectivity index (χ3v) is 5.63. The molecule has 126 valence electrons. The van der Waals surface area contributed by atoms with Crippen molar-refractivity contribution < 1.29 is 14.3 Å². The highest BCUT2D eigenvalue weighted by atomic mass is 35.5. The molecule has 2 bridgehead atoms. The molecule has 5 nitrogen and oxygen atoms in total. The highest BCUT2D eigenvalue weighted by Crippen LogP contribution is 2.46. The zero-order valence-electron chi connectivity index (χ0n) is 12.9. The topological polar surface area (TPSA) is 75.1 Å². The van der Waals surface area contributed by atoms with Crippen molar-refractivity contribution in [2.75, 3.05) is 5.32 Å². The minimum absolute atomic E-state index is 0.0528. The van der Waals surface area contributed by atoms with Gasteiger partial charge in [0.2, 0.25) is 5.28 Å². The average Bonchev–Trinajstić information content (AvgIpc) is 2.56. The number of para-hydroxylation sites is 1. The Hall–Kier alpha value is -1.95. The lowest BCUT2D eigenvalue weighted by Gasteiger charge is -2.47. The number of nitrogens with one attached hydrogen (secondary N) is 1. The quantitative estimate of drug-likeness (QED) is 0.826. The van der Waals surface area contributed by atoms with Crippen LogP contribution in [0.3, 0.4) is 0 Å². The normalized spacial score (nSPS) is 28.9. The van der Waals surface area contributed by atoms with E-state index < -0.39 is 17.7 Å². The summed E-state index contributed by atoms with van der Waals surface area (Å²) in [6.07, 6.45) is 3.94. The van der Waals surface area contributed by atoms with E-state index in [9.17, 15) is 14.3 Å². The second-order valence-corrected chi connectivity index (χ2v) is 7.02. The Balaban J connectivity index is 1.76. The number of benzene rings is 1. The van der Waals surface area contributed by atoms with Gasteiger partial charge in [0.05, 0.1) is 5.92 Å². The molecule has 2 atom stereocenters. The van der Waals surface area contributed by atoms with Crippen molar-refractivity contribution >= 4 is 34.3 Å². The molecule has 5 rings (SSSR count). The maximum absolute atomic E-state index is 14.0. The summed E-state index contributed by atoms with van der Waals surface area (Å²) in [6.45, 7) is 0. The maximum atomic E-state index is 14.0. The van der Waals surface area contributed by atoms with Crippen molar-refractivity contribution in [3.8, 4) is 0 Å². The van der Waals surface area contributed by atoms with Gasteiger partial charge in [0.1, 0.15) is 17.2 Å². The molecule has 0 amide bonds. The second kappa shape index (κ2) is 5.84. The number of carboxylic acids is 1. The number of aromatic nitrogens is 2. The summed E-state index contributed by atoms with van der Waals surface area (Å²) in [4.78, 5) is 19.9. The molecular formula is C17H17ClFN3O2. The number of hydrogen-bond acceptors (Lipinski definition) is 4. The van der Waals surface area contributed by atoms with E-state index in [1.54, 1.807) is 12.1 Å². The molecule has 3 aliphatic carbocycles. The second-order valence-electron chi connectivity index (χ2n) is 6.69. The summed E-state index contributed by atoms with van der Waals surface area (Å²) < 4.78 is 14.0. The van der Waals surface area contributed by atoms with Gasteiger partial charge in [0.25, 0.3) is 0 Å². The zero-order chi connectivity index (χ0) is 16.8.